The van der Waals surface area contributed by atoms with Gasteiger partial charge in [-0.25, -0.2) is 4.98 Å². The molecular weight excluding hydrogens is 290 g/mol. The van der Waals surface area contributed by atoms with Gasteiger partial charge in [0.1, 0.15) is 11.9 Å². The normalized spacial score (nSPS) is 17.1. The second-order valence-electron chi connectivity index (χ2n) is 6.74. The predicted octanol–water partition coefficient (Wildman–Crippen LogP) is 2.64. The Labute approximate surface area is 138 Å². The highest BCUT2D eigenvalue weighted by molar-refractivity contribution is 6.03. The number of pyridine rings is 1. The molecule has 0 bridgehead atoms. The molecule has 0 unspecified atom stereocenters. The van der Waals surface area contributed by atoms with Crippen molar-refractivity contribution in [1.82, 2.24) is 10.3 Å². The summed E-state index contributed by atoms with van der Waals surface area (Å²) in [5.74, 6) is 0.819. The summed E-state index contributed by atoms with van der Waals surface area (Å²) in [5.41, 5.74) is 1.42. The molecule has 0 amide bonds. The van der Waals surface area contributed by atoms with Gasteiger partial charge >= 0.3 is 0 Å². The van der Waals surface area contributed by atoms with Crippen molar-refractivity contribution in [2.24, 2.45) is 10.4 Å². The topological polar surface area (TPSA) is 63.6 Å². The van der Waals surface area contributed by atoms with E-state index in [9.17, 15) is 4.79 Å². The first-order chi connectivity index (χ1) is 10.9. The number of aromatic nitrogens is 1. The summed E-state index contributed by atoms with van der Waals surface area (Å²) in [6, 6.07) is 3.87. The van der Waals surface area contributed by atoms with Crippen molar-refractivity contribution in [1.29, 1.82) is 0 Å². The number of carbonyl (C=O) groups is 1. The van der Waals surface area contributed by atoms with Gasteiger partial charge in [0, 0.05) is 42.4 Å². The van der Waals surface area contributed by atoms with E-state index in [1.54, 1.807) is 20.2 Å². The Bertz CT molecular complexity index is 558. The molecule has 1 saturated heterocycles. The molecule has 0 saturated carbocycles. The predicted molar refractivity (Wildman–Crippen MR) is 92.3 cm³/mol. The van der Waals surface area contributed by atoms with Crippen LogP contribution in [0, 0.1) is 5.41 Å². The second-order valence-corrected chi connectivity index (χ2v) is 6.74. The first-order valence-corrected chi connectivity index (χ1v) is 8.23. The number of piperidine rings is 1. The molecule has 1 aliphatic heterocycles. The molecule has 126 valence electrons. The minimum atomic E-state index is -0.418. The van der Waals surface area contributed by atoms with Crippen LogP contribution in [0.25, 0.3) is 0 Å². The van der Waals surface area contributed by atoms with Crippen LogP contribution in [-0.4, -0.2) is 42.7 Å². The number of nitrogens with one attached hydrogen (secondary N) is 1. The number of aliphatic imine (C=N–C) groups is 1. The highest BCUT2D eigenvalue weighted by atomic mass is 16.5. The number of carbonyl (C=O) groups excluding carboxylic acids is 1. The Balaban J connectivity index is 2.03. The Morgan fingerprint density at radius 1 is 1.39 bits per heavy atom. The summed E-state index contributed by atoms with van der Waals surface area (Å²) < 4.78 is 5.92. The molecule has 1 aromatic heterocycles. The molecule has 5 nitrogen and oxygen atoms in total. The van der Waals surface area contributed by atoms with E-state index in [0.717, 1.165) is 37.2 Å². The van der Waals surface area contributed by atoms with Crippen LogP contribution in [0.3, 0.4) is 0 Å². The van der Waals surface area contributed by atoms with Crippen LogP contribution in [-0.2, 0) is 4.79 Å². The Morgan fingerprint density at radius 2 is 2.09 bits per heavy atom. The Morgan fingerprint density at radius 3 is 2.61 bits per heavy atom. The molecule has 0 atom stereocenters. The van der Waals surface area contributed by atoms with Crippen LogP contribution >= 0.6 is 0 Å². The molecule has 1 aromatic rings. The number of ketones is 1. The van der Waals surface area contributed by atoms with E-state index in [-0.39, 0.29) is 11.9 Å². The number of hydrogen-bond acceptors (Lipinski definition) is 5. The zero-order valence-corrected chi connectivity index (χ0v) is 14.6. The quantitative estimate of drug-likeness (QED) is 0.819. The van der Waals surface area contributed by atoms with Gasteiger partial charge in [0.2, 0.25) is 5.88 Å². The van der Waals surface area contributed by atoms with Gasteiger partial charge in [-0.2, -0.15) is 0 Å². The third kappa shape index (κ3) is 4.86. The maximum atomic E-state index is 11.7. The van der Waals surface area contributed by atoms with Crippen LogP contribution < -0.4 is 10.1 Å². The smallest absolute Gasteiger partial charge is 0.213 e. The fraction of sp³-hybridized carbons (Fsp3) is 0.611. The van der Waals surface area contributed by atoms with Crippen LogP contribution in [0.2, 0.25) is 0 Å². The molecular formula is C18H27N3O2. The largest absolute Gasteiger partial charge is 0.474 e. The highest BCUT2D eigenvalue weighted by Gasteiger charge is 2.26. The third-order valence-corrected chi connectivity index (χ3v) is 4.48. The van der Waals surface area contributed by atoms with Gasteiger partial charge in [0.05, 0.1) is 0 Å². The third-order valence-electron chi connectivity index (χ3n) is 4.48. The molecule has 1 aliphatic rings. The fourth-order valence-electron chi connectivity index (χ4n) is 2.56. The van der Waals surface area contributed by atoms with Gasteiger partial charge in [-0.3, -0.25) is 9.79 Å². The lowest BCUT2D eigenvalue weighted by Crippen LogP contribution is -2.34. The molecule has 5 heteroatoms. The summed E-state index contributed by atoms with van der Waals surface area (Å²) in [6.07, 6.45) is 4.66. The standard InChI is InChI=1S/C18H27N3O2/c1-13(22)18(2,3)11-16(19-4)14-5-6-17(21-12-14)23-15-7-9-20-10-8-15/h5-6,12,15,20H,7-11H2,1-4H3/b19-16+. The van der Waals surface area contributed by atoms with Gasteiger partial charge < -0.3 is 10.1 Å². The SMILES string of the molecule is C/N=C(\CC(C)(C)C(C)=O)c1ccc(OC2CCNCC2)nc1. The van der Waals surface area contributed by atoms with Crippen molar-refractivity contribution in [3.8, 4) is 5.88 Å². The van der Waals surface area contributed by atoms with E-state index in [2.05, 4.69) is 15.3 Å². The van der Waals surface area contributed by atoms with Crippen molar-refractivity contribution in [3.05, 3.63) is 23.9 Å². The van der Waals surface area contributed by atoms with Crippen LogP contribution in [0.1, 0.15) is 45.6 Å². The number of Topliss-reactive ketones (excluding diaryl/α,β-unsaturated/α-hetero) is 1. The zero-order chi connectivity index (χ0) is 16.9. The second kappa shape index (κ2) is 7.68. The Kier molecular flexibility index (Phi) is 5.88. The monoisotopic (exact) mass is 317 g/mol. The molecule has 2 heterocycles. The summed E-state index contributed by atoms with van der Waals surface area (Å²) in [6.45, 7) is 7.51. The van der Waals surface area contributed by atoms with Crippen molar-refractivity contribution in [2.75, 3.05) is 20.1 Å². The molecule has 0 aliphatic carbocycles. The van der Waals surface area contributed by atoms with Gasteiger partial charge in [0.25, 0.3) is 0 Å². The first-order valence-electron chi connectivity index (χ1n) is 8.23. The summed E-state index contributed by atoms with van der Waals surface area (Å²) >= 11 is 0. The summed E-state index contributed by atoms with van der Waals surface area (Å²) in [4.78, 5) is 20.5. The van der Waals surface area contributed by atoms with E-state index >= 15 is 0 Å². The Hall–Kier alpha value is -1.75. The van der Waals surface area contributed by atoms with E-state index in [1.807, 2.05) is 26.0 Å². The van der Waals surface area contributed by atoms with Crippen molar-refractivity contribution >= 4 is 11.5 Å². The lowest BCUT2D eigenvalue weighted by molar-refractivity contribution is -0.124. The minimum Gasteiger partial charge on any atom is -0.474 e. The van der Waals surface area contributed by atoms with E-state index in [4.69, 9.17) is 4.74 Å². The van der Waals surface area contributed by atoms with E-state index in [0.29, 0.717) is 12.3 Å². The fourth-order valence-corrected chi connectivity index (χ4v) is 2.56. The minimum absolute atomic E-state index is 0.164. The molecule has 1 fully saturated rings. The maximum absolute atomic E-state index is 11.7. The maximum Gasteiger partial charge on any atom is 0.213 e. The van der Waals surface area contributed by atoms with Gasteiger partial charge in [0.15, 0.2) is 0 Å². The van der Waals surface area contributed by atoms with Crippen LogP contribution in [0.5, 0.6) is 5.88 Å². The number of nitrogens with zero attached hydrogens (tertiary/aromatic N) is 2. The lowest BCUT2D eigenvalue weighted by Gasteiger charge is -2.23. The number of rotatable bonds is 6. The zero-order valence-electron chi connectivity index (χ0n) is 14.6. The van der Waals surface area contributed by atoms with Gasteiger partial charge in [-0.05, 0) is 38.9 Å². The highest BCUT2D eigenvalue weighted by Crippen LogP contribution is 2.25. The van der Waals surface area contributed by atoms with E-state index in [1.165, 1.54) is 0 Å². The number of hydrogen-bond donors (Lipinski definition) is 1. The first kappa shape index (κ1) is 17.6. The molecule has 2 rings (SSSR count). The van der Waals surface area contributed by atoms with Crippen molar-refractivity contribution < 1.29 is 9.53 Å². The van der Waals surface area contributed by atoms with Crippen molar-refractivity contribution in [3.63, 3.8) is 0 Å². The molecule has 0 radical (unpaired) electrons. The molecule has 0 spiro atoms. The summed E-state index contributed by atoms with van der Waals surface area (Å²) in [7, 11) is 1.75. The molecule has 0 aromatic carbocycles. The van der Waals surface area contributed by atoms with Crippen LogP contribution in [0.15, 0.2) is 23.3 Å². The van der Waals surface area contributed by atoms with Gasteiger partial charge in [-0.1, -0.05) is 13.8 Å². The average Bonchev–Trinajstić information content (AvgIpc) is 2.54. The van der Waals surface area contributed by atoms with Crippen molar-refractivity contribution in [2.45, 2.75) is 46.1 Å². The average molecular weight is 317 g/mol. The van der Waals surface area contributed by atoms with Gasteiger partial charge in [-0.15, -0.1) is 0 Å². The molecule has 23 heavy (non-hydrogen) atoms. The number of ether oxygens (including phenoxy) is 1. The lowest BCUT2D eigenvalue weighted by atomic mass is 9.82. The summed E-state index contributed by atoms with van der Waals surface area (Å²) in [5, 5.41) is 3.32. The van der Waals surface area contributed by atoms with E-state index < -0.39 is 5.41 Å². The molecule has 1 N–H and O–H groups in total. The van der Waals surface area contributed by atoms with Crippen LogP contribution in [0.4, 0.5) is 0 Å².